The second-order valence-electron chi connectivity index (χ2n) is 3.64. The Bertz CT molecular complexity index is 120. The highest BCUT2D eigenvalue weighted by molar-refractivity contribution is 4.86. The molecule has 64 valence electrons. The summed E-state index contributed by atoms with van der Waals surface area (Å²) >= 11 is 0. The third kappa shape index (κ3) is 3.06. The van der Waals surface area contributed by atoms with Gasteiger partial charge in [0.25, 0.3) is 0 Å². The second kappa shape index (κ2) is 4.55. The average molecular weight is 153 g/mol. The van der Waals surface area contributed by atoms with Crippen molar-refractivity contribution in [3.63, 3.8) is 0 Å². The van der Waals surface area contributed by atoms with Crippen LogP contribution in [0.5, 0.6) is 0 Å². The molecule has 2 atom stereocenters. The first-order valence-corrected chi connectivity index (χ1v) is 4.69. The number of hydrogen-bond acceptors (Lipinski definition) is 1. The van der Waals surface area contributed by atoms with E-state index < -0.39 is 0 Å². The van der Waals surface area contributed by atoms with Crippen molar-refractivity contribution in [3.05, 3.63) is 12.7 Å². The van der Waals surface area contributed by atoms with E-state index >= 15 is 0 Å². The molecule has 1 aliphatic heterocycles. The van der Waals surface area contributed by atoms with Gasteiger partial charge >= 0.3 is 0 Å². The summed E-state index contributed by atoms with van der Waals surface area (Å²) in [6.45, 7) is 7.30. The van der Waals surface area contributed by atoms with Gasteiger partial charge in [0.15, 0.2) is 0 Å². The highest BCUT2D eigenvalue weighted by Gasteiger charge is 2.10. The maximum absolute atomic E-state index is 3.82. The lowest BCUT2D eigenvalue weighted by molar-refractivity contribution is 0.388. The van der Waals surface area contributed by atoms with Crippen molar-refractivity contribution < 1.29 is 0 Å². The van der Waals surface area contributed by atoms with Crippen LogP contribution in [-0.4, -0.2) is 12.6 Å². The summed E-state index contributed by atoms with van der Waals surface area (Å²) in [4.78, 5) is 0. The van der Waals surface area contributed by atoms with Gasteiger partial charge in [0.05, 0.1) is 0 Å². The maximum atomic E-state index is 3.82. The first kappa shape index (κ1) is 8.79. The monoisotopic (exact) mass is 153 g/mol. The van der Waals surface area contributed by atoms with Gasteiger partial charge in [0, 0.05) is 6.04 Å². The molecule has 1 N–H and O–H groups in total. The van der Waals surface area contributed by atoms with Crippen LogP contribution in [0.25, 0.3) is 0 Å². The third-order valence-corrected chi connectivity index (χ3v) is 2.48. The molecule has 0 spiro atoms. The zero-order valence-electron chi connectivity index (χ0n) is 7.47. The Labute approximate surface area is 69.9 Å². The van der Waals surface area contributed by atoms with E-state index in [1.807, 2.05) is 6.08 Å². The van der Waals surface area contributed by atoms with Crippen molar-refractivity contribution in [3.8, 4) is 0 Å². The number of rotatable bonds is 1. The molecule has 1 rings (SSSR count). The zero-order valence-corrected chi connectivity index (χ0v) is 7.47. The lowest BCUT2D eigenvalue weighted by Gasteiger charge is -2.21. The summed E-state index contributed by atoms with van der Waals surface area (Å²) < 4.78 is 0. The predicted molar refractivity (Wildman–Crippen MR) is 49.6 cm³/mol. The number of hydrogen-bond donors (Lipinski definition) is 1. The summed E-state index contributed by atoms with van der Waals surface area (Å²) in [5.74, 6) is 0.845. The molecular weight excluding hydrogens is 134 g/mol. The minimum Gasteiger partial charge on any atom is -0.310 e. The van der Waals surface area contributed by atoms with E-state index in [2.05, 4.69) is 18.8 Å². The SMILES string of the molecule is C=CC1CCCCC(C)CN1. The number of nitrogens with one attached hydrogen (secondary N) is 1. The predicted octanol–water partition coefficient (Wildman–Crippen LogP) is 2.34. The quantitative estimate of drug-likeness (QED) is 0.570. The van der Waals surface area contributed by atoms with E-state index in [1.54, 1.807) is 0 Å². The molecule has 1 nitrogen and oxygen atoms in total. The average Bonchev–Trinajstić information content (AvgIpc) is 1.98. The smallest absolute Gasteiger partial charge is 0.0247 e. The van der Waals surface area contributed by atoms with Crippen LogP contribution in [-0.2, 0) is 0 Å². The molecule has 1 heteroatoms. The highest BCUT2D eigenvalue weighted by atomic mass is 14.9. The molecule has 1 saturated heterocycles. The molecule has 0 amide bonds. The van der Waals surface area contributed by atoms with Crippen molar-refractivity contribution in [2.75, 3.05) is 6.54 Å². The van der Waals surface area contributed by atoms with Crippen LogP contribution in [0.15, 0.2) is 12.7 Å². The lowest BCUT2D eigenvalue weighted by atomic mass is 9.98. The minimum absolute atomic E-state index is 0.567. The summed E-state index contributed by atoms with van der Waals surface area (Å²) in [6.07, 6.45) is 7.45. The van der Waals surface area contributed by atoms with Gasteiger partial charge in [-0.2, -0.15) is 0 Å². The van der Waals surface area contributed by atoms with Gasteiger partial charge in [-0.25, -0.2) is 0 Å². The van der Waals surface area contributed by atoms with E-state index in [0.29, 0.717) is 6.04 Å². The molecule has 0 aromatic heterocycles. The Hall–Kier alpha value is -0.300. The standard InChI is InChI=1S/C10H19N/c1-3-10-7-5-4-6-9(2)8-11-10/h3,9-11H,1,4-8H2,2H3. The van der Waals surface area contributed by atoms with Crippen LogP contribution >= 0.6 is 0 Å². The highest BCUT2D eigenvalue weighted by Crippen LogP contribution is 2.13. The van der Waals surface area contributed by atoms with Crippen LogP contribution in [0.1, 0.15) is 32.6 Å². The Morgan fingerprint density at radius 3 is 2.82 bits per heavy atom. The van der Waals surface area contributed by atoms with Gasteiger partial charge in [-0.05, 0) is 25.3 Å². The molecule has 1 aliphatic rings. The first-order chi connectivity index (χ1) is 5.33. The third-order valence-electron chi connectivity index (χ3n) is 2.48. The molecule has 11 heavy (non-hydrogen) atoms. The van der Waals surface area contributed by atoms with Gasteiger partial charge in [0.2, 0.25) is 0 Å². The summed E-state index contributed by atoms with van der Waals surface area (Å²) in [5, 5.41) is 3.50. The van der Waals surface area contributed by atoms with Crippen LogP contribution in [0.2, 0.25) is 0 Å². The van der Waals surface area contributed by atoms with E-state index in [-0.39, 0.29) is 0 Å². The summed E-state index contributed by atoms with van der Waals surface area (Å²) in [5.41, 5.74) is 0. The van der Waals surface area contributed by atoms with Crippen molar-refractivity contribution in [2.24, 2.45) is 5.92 Å². The fraction of sp³-hybridized carbons (Fsp3) is 0.800. The molecule has 0 aliphatic carbocycles. The Morgan fingerprint density at radius 1 is 1.36 bits per heavy atom. The van der Waals surface area contributed by atoms with E-state index in [0.717, 1.165) is 12.5 Å². The fourth-order valence-electron chi connectivity index (χ4n) is 1.61. The van der Waals surface area contributed by atoms with Crippen LogP contribution in [0.3, 0.4) is 0 Å². The maximum Gasteiger partial charge on any atom is 0.0247 e. The Morgan fingerprint density at radius 2 is 2.09 bits per heavy atom. The van der Waals surface area contributed by atoms with Crippen LogP contribution in [0.4, 0.5) is 0 Å². The van der Waals surface area contributed by atoms with Gasteiger partial charge in [-0.15, -0.1) is 6.58 Å². The largest absolute Gasteiger partial charge is 0.310 e. The summed E-state index contributed by atoms with van der Waals surface area (Å²) in [7, 11) is 0. The van der Waals surface area contributed by atoms with Crippen molar-refractivity contribution in [2.45, 2.75) is 38.6 Å². The molecule has 0 bridgehead atoms. The molecule has 0 saturated carbocycles. The molecule has 2 unspecified atom stereocenters. The van der Waals surface area contributed by atoms with Crippen molar-refractivity contribution in [1.29, 1.82) is 0 Å². The van der Waals surface area contributed by atoms with Crippen LogP contribution in [0, 0.1) is 5.92 Å². The molecule has 1 heterocycles. The molecular formula is C10H19N. The van der Waals surface area contributed by atoms with Gasteiger partial charge < -0.3 is 5.32 Å². The van der Waals surface area contributed by atoms with E-state index in [1.165, 1.54) is 25.7 Å². The van der Waals surface area contributed by atoms with Crippen molar-refractivity contribution >= 4 is 0 Å². The van der Waals surface area contributed by atoms with Crippen LogP contribution < -0.4 is 5.32 Å². The summed E-state index contributed by atoms with van der Waals surface area (Å²) in [6, 6.07) is 0.567. The molecule has 0 aromatic carbocycles. The normalized spacial score (nSPS) is 33.9. The topological polar surface area (TPSA) is 12.0 Å². The van der Waals surface area contributed by atoms with Gasteiger partial charge in [0.1, 0.15) is 0 Å². The van der Waals surface area contributed by atoms with E-state index in [9.17, 15) is 0 Å². The molecule has 1 fully saturated rings. The van der Waals surface area contributed by atoms with Gasteiger partial charge in [-0.3, -0.25) is 0 Å². The van der Waals surface area contributed by atoms with Crippen molar-refractivity contribution in [1.82, 2.24) is 5.32 Å². The van der Waals surface area contributed by atoms with Gasteiger partial charge in [-0.1, -0.05) is 25.8 Å². The van der Waals surface area contributed by atoms with E-state index in [4.69, 9.17) is 0 Å². The lowest BCUT2D eigenvalue weighted by Crippen LogP contribution is -2.32. The molecule has 0 radical (unpaired) electrons. The second-order valence-corrected chi connectivity index (χ2v) is 3.64. The Kier molecular flexibility index (Phi) is 3.64. The Balaban J connectivity index is 2.31. The molecule has 0 aromatic rings. The first-order valence-electron chi connectivity index (χ1n) is 4.69. The zero-order chi connectivity index (χ0) is 8.10. The minimum atomic E-state index is 0.567. The fourth-order valence-corrected chi connectivity index (χ4v) is 1.61.